The molecule has 1 atom stereocenters. The summed E-state index contributed by atoms with van der Waals surface area (Å²) in [7, 11) is 0. The molecule has 1 aromatic rings. The molecule has 7 heteroatoms. The number of amides is 3. The van der Waals surface area contributed by atoms with Crippen LogP contribution in [0.15, 0.2) is 28.7 Å². The Kier molecular flexibility index (Phi) is 5.54. The normalized spacial score (nSPS) is 17.5. The minimum atomic E-state index is -0.364. The van der Waals surface area contributed by atoms with Crippen LogP contribution in [-0.4, -0.2) is 37.4 Å². The van der Waals surface area contributed by atoms with Gasteiger partial charge in [0.05, 0.1) is 11.6 Å². The van der Waals surface area contributed by atoms with Crippen LogP contribution in [0.1, 0.15) is 13.3 Å². The summed E-state index contributed by atoms with van der Waals surface area (Å²) >= 11 is 3.42. The summed E-state index contributed by atoms with van der Waals surface area (Å²) in [5.41, 5.74) is 0.779. The Hall–Kier alpha value is -1.89. The maximum Gasteiger partial charge on any atom is 0.227 e. The van der Waals surface area contributed by atoms with Crippen LogP contribution in [0.5, 0.6) is 0 Å². The predicted molar refractivity (Wildman–Crippen MR) is 86.3 cm³/mol. The van der Waals surface area contributed by atoms with E-state index in [1.54, 1.807) is 4.90 Å². The number of rotatable bonds is 5. The second kappa shape index (κ2) is 7.40. The first-order valence-electron chi connectivity index (χ1n) is 7.06. The fourth-order valence-corrected chi connectivity index (χ4v) is 2.85. The molecule has 1 aliphatic heterocycles. The second-order valence-electron chi connectivity index (χ2n) is 5.13. The third-order valence-corrected chi connectivity index (χ3v) is 4.11. The number of nitrogens with zero attached hydrogens (tertiary/aromatic N) is 1. The summed E-state index contributed by atoms with van der Waals surface area (Å²) in [6, 6.07) is 7.44. The van der Waals surface area contributed by atoms with Crippen LogP contribution >= 0.6 is 15.9 Å². The van der Waals surface area contributed by atoms with E-state index in [0.717, 1.165) is 10.2 Å². The molecule has 0 radical (unpaired) electrons. The van der Waals surface area contributed by atoms with Gasteiger partial charge in [-0.3, -0.25) is 14.4 Å². The molecular weight excluding hydrogens is 350 g/mol. The molecule has 0 saturated carbocycles. The molecule has 3 amide bonds. The van der Waals surface area contributed by atoms with Gasteiger partial charge in [0.15, 0.2) is 0 Å². The van der Waals surface area contributed by atoms with E-state index in [2.05, 4.69) is 26.6 Å². The molecule has 1 heterocycles. The molecule has 22 heavy (non-hydrogen) atoms. The number of para-hydroxylation sites is 1. The lowest BCUT2D eigenvalue weighted by atomic mass is 10.1. The highest BCUT2D eigenvalue weighted by Crippen LogP contribution is 2.31. The van der Waals surface area contributed by atoms with E-state index in [0.29, 0.717) is 19.6 Å². The SMILES string of the molecule is CC(=O)NCCNC(=O)C1CC(=O)N(c2ccccc2Br)C1. The van der Waals surface area contributed by atoms with E-state index in [4.69, 9.17) is 0 Å². The fourth-order valence-electron chi connectivity index (χ4n) is 2.36. The molecule has 0 aromatic heterocycles. The van der Waals surface area contributed by atoms with Crippen LogP contribution in [-0.2, 0) is 14.4 Å². The molecule has 6 nitrogen and oxygen atoms in total. The number of halogens is 1. The Morgan fingerprint density at radius 2 is 1.95 bits per heavy atom. The highest BCUT2D eigenvalue weighted by molar-refractivity contribution is 9.10. The van der Waals surface area contributed by atoms with Crippen molar-refractivity contribution >= 4 is 39.3 Å². The van der Waals surface area contributed by atoms with Gasteiger partial charge >= 0.3 is 0 Å². The summed E-state index contributed by atoms with van der Waals surface area (Å²) in [6.07, 6.45) is 0.202. The first kappa shape index (κ1) is 16.5. The summed E-state index contributed by atoms with van der Waals surface area (Å²) < 4.78 is 0.829. The minimum absolute atomic E-state index is 0.0612. The quantitative estimate of drug-likeness (QED) is 0.763. The highest BCUT2D eigenvalue weighted by Gasteiger charge is 2.35. The number of hydrogen-bond acceptors (Lipinski definition) is 3. The minimum Gasteiger partial charge on any atom is -0.355 e. The Labute approximate surface area is 137 Å². The van der Waals surface area contributed by atoms with Crippen molar-refractivity contribution in [3.05, 3.63) is 28.7 Å². The average Bonchev–Trinajstić information content (AvgIpc) is 2.86. The Morgan fingerprint density at radius 3 is 2.64 bits per heavy atom. The molecule has 118 valence electrons. The van der Waals surface area contributed by atoms with E-state index >= 15 is 0 Å². The molecule has 1 aliphatic rings. The smallest absolute Gasteiger partial charge is 0.227 e. The molecule has 1 unspecified atom stereocenters. The van der Waals surface area contributed by atoms with Gasteiger partial charge in [0, 0.05) is 37.5 Å². The van der Waals surface area contributed by atoms with Crippen LogP contribution in [0.2, 0.25) is 0 Å². The number of carbonyl (C=O) groups is 3. The molecule has 1 saturated heterocycles. The van der Waals surface area contributed by atoms with E-state index < -0.39 is 0 Å². The van der Waals surface area contributed by atoms with E-state index in [1.807, 2.05) is 24.3 Å². The van der Waals surface area contributed by atoms with Crippen molar-refractivity contribution in [1.29, 1.82) is 0 Å². The Morgan fingerprint density at radius 1 is 1.27 bits per heavy atom. The summed E-state index contributed by atoms with van der Waals surface area (Å²) in [4.78, 5) is 36.6. The Bertz CT molecular complexity index is 591. The number of anilines is 1. The average molecular weight is 368 g/mol. The largest absolute Gasteiger partial charge is 0.355 e. The fraction of sp³-hybridized carbons (Fsp3) is 0.400. The van der Waals surface area contributed by atoms with Gasteiger partial charge in [0.1, 0.15) is 0 Å². The Balaban J connectivity index is 1.90. The molecule has 1 fully saturated rings. The zero-order valence-corrected chi connectivity index (χ0v) is 13.9. The van der Waals surface area contributed by atoms with Gasteiger partial charge in [-0.15, -0.1) is 0 Å². The second-order valence-corrected chi connectivity index (χ2v) is 5.99. The van der Waals surface area contributed by atoms with Crippen molar-refractivity contribution in [2.45, 2.75) is 13.3 Å². The van der Waals surface area contributed by atoms with Crippen LogP contribution in [0.25, 0.3) is 0 Å². The third kappa shape index (κ3) is 4.07. The molecule has 2 rings (SSSR count). The van der Waals surface area contributed by atoms with Gasteiger partial charge in [-0.1, -0.05) is 12.1 Å². The maximum absolute atomic E-state index is 12.1. The molecular formula is C15H18BrN3O3. The van der Waals surface area contributed by atoms with Gasteiger partial charge in [0.25, 0.3) is 0 Å². The number of hydrogen-bond donors (Lipinski definition) is 2. The van der Waals surface area contributed by atoms with E-state index in [9.17, 15) is 14.4 Å². The van der Waals surface area contributed by atoms with Crippen molar-refractivity contribution < 1.29 is 14.4 Å². The van der Waals surface area contributed by atoms with E-state index in [-0.39, 0.29) is 30.1 Å². The van der Waals surface area contributed by atoms with Crippen molar-refractivity contribution in [2.75, 3.05) is 24.5 Å². The van der Waals surface area contributed by atoms with Crippen LogP contribution in [0.4, 0.5) is 5.69 Å². The molecule has 1 aromatic carbocycles. The third-order valence-electron chi connectivity index (χ3n) is 3.44. The zero-order chi connectivity index (χ0) is 16.1. The van der Waals surface area contributed by atoms with Crippen LogP contribution < -0.4 is 15.5 Å². The summed E-state index contributed by atoms with van der Waals surface area (Å²) in [6.45, 7) is 2.54. The lowest BCUT2D eigenvalue weighted by Gasteiger charge is -2.18. The zero-order valence-electron chi connectivity index (χ0n) is 12.3. The molecule has 0 spiro atoms. The van der Waals surface area contributed by atoms with Crippen molar-refractivity contribution in [3.63, 3.8) is 0 Å². The van der Waals surface area contributed by atoms with Crippen LogP contribution in [0, 0.1) is 5.92 Å². The van der Waals surface area contributed by atoms with Crippen LogP contribution in [0.3, 0.4) is 0 Å². The van der Waals surface area contributed by atoms with E-state index in [1.165, 1.54) is 6.92 Å². The van der Waals surface area contributed by atoms with Gasteiger partial charge < -0.3 is 15.5 Å². The monoisotopic (exact) mass is 367 g/mol. The van der Waals surface area contributed by atoms with Crippen molar-refractivity contribution in [3.8, 4) is 0 Å². The molecule has 0 bridgehead atoms. The first-order chi connectivity index (χ1) is 10.5. The van der Waals surface area contributed by atoms with Gasteiger partial charge in [-0.05, 0) is 28.1 Å². The van der Waals surface area contributed by atoms with Crippen molar-refractivity contribution in [1.82, 2.24) is 10.6 Å². The number of nitrogens with one attached hydrogen (secondary N) is 2. The highest BCUT2D eigenvalue weighted by atomic mass is 79.9. The van der Waals surface area contributed by atoms with Gasteiger partial charge in [-0.25, -0.2) is 0 Å². The number of carbonyl (C=O) groups excluding carboxylic acids is 3. The molecule has 2 N–H and O–H groups in total. The summed E-state index contributed by atoms with van der Waals surface area (Å²) in [5.74, 6) is -0.718. The lowest BCUT2D eigenvalue weighted by molar-refractivity contribution is -0.126. The van der Waals surface area contributed by atoms with Crippen molar-refractivity contribution in [2.24, 2.45) is 5.92 Å². The first-order valence-corrected chi connectivity index (χ1v) is 7.85. The standard InChI is InChI=1S/C15H18BrN3O3/c1-10(20)17-6-7-18-15(22)11-8-14(21)19(9-11)13-5-3-2-4-12(13)16/h2-5,11H,6-9H2,1H3,(H,17,20)(H,18,22). The topological polar surface area (TPSA) is 78.5 Å². The maximum atomic E-state index is 12.1. The summed E-state index contributed by atoms with van der Waals surface area (Å²) in [5, 5.41) is 5.35. The predicted octanol–water partition coefficient (Wildman–Crippen LogP) is 1.05. The number of benzene rings is 1. The molecule has 0 aliphatic carbocycles. The van der Waals surface area contributed by atoms with Gasteiger partial charge in [0.2, 0.25) is 17.7 Å². The lowest BCUT2D eigenvalue weighted by Crippen LogP contribution is -2.38. The van der Waals surface area contributed by atoms with Gasteiger partial charge in [-0.2, -0.15) is 0 Å².